The number of esters is 1. The number of nitrogens with one attached hydrogen (secondary N) is 1. The Hall–Kier alpha value is -2.07. The molecule has 0 saturated heterocycles. The second-order valence-electron chi connectivity index (χ2n) is 3.56. The Morgan fingerprint density at radius 1 is 1.33 bits per heavy atom. The number of pyridine rings is 1. The second kappa shape index (κ2) is 5.51. The molecule has 0 atom stereocenters. The van der Waals surface area contributed by atoms with Crippen molar-refractivity contribution in [1.82, 2.24) is 4.98 Å². The fourth-order valence-electron chi connectivity index (χ4n) is 1.44. The van der Waals surface area contributed by atoms with E-state index in [0.29, 0.717) is 16.4 Å². The van der Waals surface area contributed by atoms with Gasteiger partial charge in [0.15, 0.2) is 0 Å². The van der Waals surface area contributed by atoms with Crippen molar-refractivity contribution in [1.29, 1.82) is 0 Å². The molecule has 0 aliphatic heterocycles. The molecule has 0 fully saturated rings. The van der Waals surface area contributed by atoms with Gasteiger partial charge in [0, 0.05) is 11.9 Å². The maximum atomic E-state index is 11.4. The number of ether oxygens (including phenoxy) is 1. The minimum atomic E-state index is -0.372. The molecule has 18 heavy (non-hydrogen) atoms. The van der Waals surface area contributed by atoms with Crippen LogP contribution < -0.4 is 5.32 Å². The van der Waals surface area contributed by atoms with Crippen LogP contribution in [0.15, 0.2) is 42.6 Å². The molecule has 0 amide bonds. The lowest BCUT2D eigenvalue weighted by molar-refractivity contribution is 0.0601. The summed E-state index contributed by atoms with van der Waals surface area (Å²) in [7, 11) is 1.35. The van der Waals surface area contributed by atoms with E-state index in [9.17, 15) is 4.79 Å². The van der Waals surface area contributed by atoms with Crippen molar-refractivity contribution in [2.45, 2.75) is 0 Å². The highest BCUT2D eigenvalue weighted by Gasteiger charge is 2.05. The van der Waals surface area contributed by atoms with Crippen molar-refractivity contribution in [3.8, 4) is 0 Å². The van der Waals surface area contributed by atoms with Gasteiger partial charge in [0.2, 0.25) is 0 Å². The maximum absolute atomic E-state index is 11.4. The van der Waals surface area contributed by atoms with Gasteiger partial charge in [-0.15, -0.1) is 0 Å². The third-order valence-electron chi connectivity index (χ3n) is 2.28. The van der Waals surface area contributed by atoms with Crippen LogP contribution in [0.3, 0.4) is 0 Å². The Labute approximate surface area is 110 Å². The lowest BCUT2D eigenvalue weighted by Crippen LogP contribution is -2.02. The van der Waals surface area contributed by atoms with Crippen LogP contribution in [-0.4, -0.2) is 18.1 Å². The van der Waals surface area contributed by atoms with Crippen LogP contribution in [0, 0.1) is 0 Å². The van der Waals surface area contributed by atoms with Gasteiger partial charge in [-0.3, -0.25) is 0 Å². The smallest absolute Gasteiger partial charge is 0.337 e. The number of carbonyl (C=O) groups excluding carboxylic acids is 1. The van der Waals surface area contributed by atoms with Crippen LogP contribution in [0.25, 0.3) is 0 Å². The number of nitrogens with zero attached hydrogens (tertiary/aromatic N) is 1. The number of benzene rings is 1. The Morgan fingerprint density at radius 3 is 2.83 bits per heavy atom. The number of hydrogen-bond acceptors (Lipinski definition) is 4. The first kappa shape index (κ1) is 12.4. The zero-order chi connectivity index (χ0) is 13.0. The molecule has 2 aromatic rings. The third-order valence-corrected chi connectivity index (χ3v) is 2.51. The Bertz CT molecular complexity index is 555. The average Bonchev–Trinajstić information content (AvgIpc) is 2.41. The van der Waals surface area contributed by atoms with Crippen LogP contribution in [0.5, 0.6) is 0 Å². The van der Waals surface area contributed by atoms with Crippen molar-refractivity contribution >= 4 is 29.1 Å². The quantitative estimate of drug-likeness (QED) is 0.863. The van der Waals surface area contributed by atoms with E-state index < -0.39 is 0 Å². The molecule has 0 radical (unpaired) electrons. The molecule has 1 aromatic carbocycles. The van der Waals surface area contributed by atoms with Crippen LogP contribution in [0.4, 0.5) is 11.5 Å². The predicted molar refractivity (Wildman–Crippen MR) is 70.3 cm³/mol. The number of anilines is 2. The van der Waals surface area contributed by atoms with E-state index in [1.807, 2.05) is 6.07 Å². The van der Waals surface area contributed by atoms with Gasteiger partial charge in [-0.05, 0) is 30.3 Å². The van der Waals surface area contributed by atoms with E-state index in [1.54, 1.807) is 36.5 Å². The van der Waals surface area contributed by atoms with Crippen LogP contribution >= 0.6 is 11.6 Å². The monoisotopic (exact) mass is 262 g/mol. The van der Waals surface area contributed by atoms with E-state index in [2.05, 4.69) is 15.0 Å². The molecule has 1 heterocycles. The maximum Gasteiger partial charge on any atom is 0.337 e. The van der Waals surface area contributed by atoms with E-state index in [0.717, 1.165) is 5.69 Å². The number of rotatable bonds is 3. The van der Waals surface area contributed by atoms with Gasteiger partial charge in [-0.2, -0.15) is 0 Å². The first-order valence-electron chi connectivity index (χ1n) is 5.26. The normalized spacial score (nSPS) is 9.89. The van der Waals surface area contributed by atoms with Crippen molar-refractivity contribution in [2.75, 3.05) is 12.4 Å². The molecule has 92 valence electrons. The molecule has 0 unspecified atom stereocenters. The highest BCUT2D eigenvalue weighted by molar-refractivity contribution is 6.30. The molecular weight excluding hydrogens is 252 g/mol. The number of hydrogen-bond donors (Lipinski definition) is 1. The van der Waals surface area contributed by atoms with Crippen molar-refractivity contribution in [2.24, 2.45) is 0 Å². The molecule has 2 rings (SSSR count). The van der Waals surface area contributed by atoms with Crippen molar-refractivity contribution < 1.29 is 9.53 Å². The van der Waals surface area contributed by atoms with Crippen LogP contribution in [0.1, 0.15) is 10.4 Å². The highest BCUT2D eigenvalue weighted by Crippen LogP contribution is 2.17. The topological polar surface area (TPSA) is 51.2 Å². The molecular formula is C13H11ClN2O2. The van der Waals surface area contributed by atoms with E-state index in [4.69, 9.17) is 11.6 Å². The molecule has 0 spiro atoms. The summed E-state index contributed by atoms with van der Waals surface area (Å²) in [4.78, 5) is 15.5. The molecule has 4 nitrogen and oxygen atoms in total. The Kier molecular flexibility index (Phi) is 3.79. The zero-order valence-corrected chi connectivity index (χ0v) is 10.4. The SMILES string of the molecule is COC(=O)c1cccc(Nc2ccc(Cl)cn2)c1. The fourth-order valence-corrected chi connectivity index (χ4v) is 1.55. The second-order valence-corrected chi connectivity index (χ2v) is 4.00. The van der Waals surface area contributed by atoms with Gasteiger partial charge >= 0.3 is 5.97 Å². The molecule has 0 saturated carbocycles. The molecule has 1 aromatic heterocycles. The molecule has 0 bridgehead atoms. The number of aromatic nitrogens is 1. The van der Waals surface area contributed by atoms with Gasteiger partial charge in [-0.25, -0.2) is 9.78 Å². The average molecular weight is 263 g/mol. The predicted octanol–water partition coefficient (Wildman–Crippen LogP) is 3.27. The molecule has 1 N–H and O–H groups in total. The van der Waals surface area contributed by atoms with E-state index in [1.165, 1.54) is 7.11 Å². The van der Waals surface area contributed by atoms with Crippen molar-refractivity contribution in [3.63, 3.8) is 0 Å². The number of halogens is 1. The summed E-state index contributed by atoms with van der Waals surface area (Å²) in [6.07, 6.45) is 1.55. The Balaban J connectivity index is 2.19. The summed E-state index contributed by atoms with van der Waals surface area (Å²) in [5.74, 6) is 0.282. The highest BCUT2D eigenvalue weighted by atomic mass is 35.5. The third kappa shape index (κ3) is 2.99. The lowest BCUT2D eigenvalue weighted by atomic mass is 10.2. The van der Waals surface area contributed by atoms with Gasteiger partial charge in [0.05, 0.1) is 17.7 Å². The largest absolute Gasteiger partial charge is 0.465 e. The summed E-state index contributed by atoms with van der Waals surface area (Å²) < 4.78 is 4.66. The lowest BCUT2D eigenvalue weighted by Gasteiger charge is -2.06. The Morgan fingerprint density at radius 2 is 2.17 bits per heavy atom. The minimum absolute atomic E-state index is 0.372. The first-order chi connectivity index (χ1) is 8.69. The first-order valence-corrected chi connectivity index (χ1v) is 5.64. The standard InChI is InChI=1S/C13H11ClN2O2/c1-18-13(17)9-3-2-4-11(7-9)16-12-6-5-10(14)8-15-12/h2-8H,1H3,(H,15,16). The van der Waals surface area contributed by atoms with Gasteiger partial charge in [-0.1, -0.05) is 17.7 Å². The molecule has 0 aliphatic rings. The van der Waals surface area contributed by atoms with E-state index >= 15 is 0 Å². The summed E-state index contributed by atoms with van der Waals surface area (Å²) in [6, 6.07) is 10.5. The minimum Gasteiger partial charge on any atom is -0.465 e. The van der Waals surface area contributed by atoms with E-state index in [-0.39, 0.29) is 5.97 Å². The van der Waals surface area contributed by atoms with Gasteiger partial charge < -0.3 is 10.1 Å². The number of methoxy groups -OCH3 is 1. The summed E-state index contributed by atoms with van der Waals surface area (Å²) >= 11 is 5.75. The van der Waals surface area contributed by atoms with Crippen LogP contribution in [0.2, 0.25) is 5.02 Å². The van der Waals surface area contributed by atoms with Gasteiger partial charge in [0.25, 0.3) is 0 Å². The van der Waals surface area contributed by atoms with Gasteiger partial charge in [0.1, 0.15) is 5.82 Å². The fraction of sp³-hybridized carbons (Fsp3) is 0.0769. The van der Waals surface area contributed by atoms with Crippen molar-refractivity contribution in [3.05, 3.63) is 53.2 Å². The molecule has 0 aliphatic carbocycles. The summed E-state index contributed by atoms with van der Waals surface area (Å²) in [6.45, 7) is 0. The summed E-state index contributed by atoms with van der Waals surface area (Å²) in [5.41, 5.74) is 1.24. The molecule has 5 heteroatoms. The summed E-state index contributed by atoms with van der Waals surface area (Å²) in [5, 5.41) is 3.65. The number of carbonyl (C=O) groups is 1. The zero-order valence-electron chi connectivity index (χ0n) is 9.68. The van der Waals surface area contributed by atoms with Crippen LogP contribution in [-0.2, 0) is 4.74 Å².